The number of carbonyl (C=O) groups excluding carboxylic acids is 2. The van der Waals surface area contributed by atoms with E-state index in [0.29, 0.717) is 12.8 Å². The summed E-state index contributed by atoms with van der Waals surface area (Å²) in [5.41, 5.74) is 0. The predicted octanol–water partition coefficient (Wildman–Crippen LogP) is 1.48. The van der Waals surface area contributed by atoms with E-state index in [1.54, 1.807) is 0 Å². The van der Waals surface area contributed by atoms with Crippen LogP contribution in [-0.2, 0) is 29.9 Å². The van der Waals surface area contributed by atoms with E-state index in [1.807, 2.05) is 13.0 Å². The van der Waals surface area contributed by atoms with Crippen LogP contribution in [-0.4, -0.2) is 62.8 Å². The summed E-state index contributed by atoms with van der Waals surface area (Å²) in [5.74, 6) is -1.29. The average molecular weight is 417 g/mol. The number of fused-ring (bicyclic) bond motifs is 1. The highest BCUT2D eigenvalue weighted by Crippen LogP contribution is 2.38. The molecule has 7 atom stereocenters. The zero-order chi connectivity index (χ0) is 20.7. The second kappa shape index (κ2) is 11.1. The van der Waals surface area contributed by atoms with Gasteiger partial charge in [0.05, 0.1) is 43.5 Å². The highest BCUT2D eigenvalue weighted by Gasteiger charge is 2.42. The van der Waals surface area contributed by atoms with Gasteiger partial charge in [0.1, 0.15) is 0 Å². The molecule has 0 saturated heterocycles. The van der Waals surface area contributed by atoms with Crippen molar-refractivity contribution in [3.63, 3.8) is 0 Å². The van der Waals surface area contributed by atoms with Gasteiger partial charge in [0.2, 0.25) is 0 Å². The quantitative estimate of drug-likeness (QED) is 0.527. The summed E-state index contributed by atoms with van der Waals surface area (Å²) < 4.78 is 22.9. The Morgan fingerprint density at radius 2 is 2.11 bits per heavy atom. The summed E-state index contributed by atoms with van der Waals surface area (Å²) in [6.45, 7) is 1.83. The SMILES string of the molecule is COC(=O)CCS(=O)[C@@H]1CC(=O)O[C@@H](C)CCC/C=C/[C@@H]2C[C@H](O)C[C@H]2[C@@H]1O. The minimum atomic E-state index is -1.62. The molecule has 8 heteroatoms. The molecule has 1 unspecified atom stereocenters. The number of ether oxygens (including phenoxy) is 2. The van der Waals surface area contributed by atoms with Crippen LogP contribution in [0.4, 0.5) is 0 Å². The van der Waals surface area contributed by atoms with Gasteiger partial charge in [-0.15, -0.1) is 0 Å². The molecule has 1 saturated carbocycles. The third-order valence-corrected chi connectivity index (χ3v) is 7.32. The van der Waals surface area contributed by atoms with Crippen molar-refractivity contribution in [3.05, 3.63) is 12.2 Å². The lowest BCUT2D eigenvalue weighted by atomic mass is 9.87. The number of carbonyl (C=O) groups is 2. The molecule has 28 heavy (non-hydrogen) atoms. The Kier molecular flexibility index (Phi) is 9.11. The predicted molar refractivity (Wildman–Crippen MR) is 105 cm³/mol. The van der Waals surface area contributed by atoms with E-state index in [-0.39, 0.29) is 36.5 Å². The highest BCUT2D eigenvalue weighted by atomic mass is 32.2. The number of aliphatic hydroxyl groups excluding tert-OH is 2. The van der Waals surface area contributed by atoms with Gasteiger partial charge in [-0.3, -0.25) is 13.8 Å². The molecule has 160 valence electrons. The first-order chi connectivity index (χ1) is 13.3. The molecule has 0 spiro atoms. The molecule has 1 aliphatic carbocycles. The fourth-order valence-corrected chi connectivity index (χ4v) is 5.57. The second-order valence-corrected chi connectivity index (χ2v) is 9.53. The molecule has 1 fully saturated rings. The van der Waals surface area contributed by atoms with Gasteiger partial charge in [-0.2, -0.15) is 0 Å². The van der Waals surface area contributed by atoms with Crippen LogP contribution in [0.15, 0.2) is 12.2 Å². The van der Waals surface area contributed by atoms with E-state index in [4.69, 9.17) is 4.74 Å². The first-order valence-corrected chi connectivity index (χ1v) is 11.4. The molecule has 2 N–H and O–H groups in total. The molecular formula is C20H32O7S. The van der Waals surface area contributed by atoms with Crippen LogP contribution >= 0.6 is 0 Å². The topological polar surface area (TPSA) is 110 Å². The van der Waals surface area contributed by atoms with Crippen molar-refractivity contribution in [2.75, 3.05) is 12.9 Å². The molecule has 2 rings (SSSR count). The standard InChI is InChI=1S/C20H32O7S/c1-13-6-4-3-5-7-14-10-15(21)11-16(14)20(24)17(12-19(23)27-13)28(25)9-8-18(22)26-2/h5,7,13-17,20-21,24H,3-4,6,8-12H2,1-2H3/b7-5+/t13-,14+,15-,16+,17+,20-,28?/m0/s1. The second-order valence-electron chi connectivity index (χ2n) is 7.76. The maximum absolute atomic E-state index is 12.9. The van der Waals surface area contributed by atoms with Crippen LogP contribution in [0.3, 0.4) is 0 Å². The third-order valence-electron chi connectivity index (χ3n) is 5.60. The van der Waals surface area contributed by atoms with Gasteiger partial charge in [-0.25, -0.2) is 0 Å². The van der Waals surface area contributed by atoms with Crippen molar-refractivity contribution in [2.45, 2.75) is 75.4 Å². The summed E-state index contributed by atoms with van der Waals surface area (Å²) in [6.07, 6.45) is 5.43. The molecule has 1 heterocycles. The number of hydrogen-bond donors (Lipinski definition) is 2. The molecule has 0 radical (unpaired) electrons. The van der Waals surface area contributed by atoms with Gasteiger partial charge in [-0.1, -0.05) is 12.2 Å². The minimum absolute atomic E-state index is 0.00696. The van der Waals surface area contributed by atoms with Crippen molar-refractivity contribution in [1.29, 1.82) is 0 Å². The summed E-state index contributed by atoms with van der Waals surface area (Å²) in [7, 11) is -0.357. The largest absolute Gasteiger partial charge is 0.469 e. The average Bonchev–Trinajstić information content (AvgIpc) is 3.02. The Morgan fingerprint density at radius 1 is 1.36 bits per heavy atom. The van der Waals surface area contributed by atoms with Gasteiger partial charge in [0.25, 0.3) is 0 Å². The Hall–Kier alpha value is -1.25. The monoisotopic (exact) mass is 416 g/mol. The van der Waals surface area contributed by atoms with Gasteiger partial charge >= 0.3 is 11.9 Å². The van der Waals surface area contributed by atoms with Gasteiger partial charge in [0.15, 0.2) is 0 Å². The van der Waals surface area contributed by atoms with Crippen LogP contribution in [0, 0.1) is 11.8 Å². The molecule has 0 aromatic rings. The van der Waals surface area contributed by atoms with E-state index in [2.05, 4.69) is 10.8 Å². The Morgan fingerprint density at radius 3 is 2.82 bits per heavy atom. The first-order valence-electron chi connectivity index (χ1n) is 9.98. The fourth-order valence-electron chi connectivity index (χ4n) is 4.06. The smallest absolute Gasteiger partial charge is 0.307 e. The number of rotatable bonds is 4. The molecule has 7 nitrogen and oxygen atoms in total. The van der Waals surface area contributed by atoms with Crippen LogP contribution in [0.2, 0.25) is 0 Å². The van der Waals surface area contributed by atoms with Crippen LogP contribution in [0.5, 0.6) is 0 Å². The lowest BCUT2D eigenvalue weighted by Gasteiger charge is -2.29. The number of esters is 2. The van der Waals surface area contributed by atoms with Crippen LogP contribution in [0.1, 0.15) is 51.9 Å². The summed E-state index contributed by atoms with van der Waals surface area (Å²) >= 11 is 0. The molecular weight excluding hydrogens is 384 g/mol. The van der Waals surface area contributed by atoms with E-state index >= 15 is 0 Å². The molecule has 0 aromatic heterocycles. The Bertz CT molecular complexity index is 591. The van der Waals surface area contributed by atoms with E-state index in [0.717, 1.165) is 19.3 Å². The molecule has 2 aliphatic rings. The Balaban J connectivity index is 2.22. The van der Waals surface area contributed by atoms with Crippen molar-refractivity contribution < 1.29 is 33.5 Å². The summed E-state index contributed by atoms with van der Waals surface area (Å²) in [5, 5.41) is 20.3. The lowest BCUT2D eigenvalue weighted by Crippen LogP contribution is -2.41. The normalized spacial score (nSPS) is 36.8. The molecule has 0 aromatic carbocycles. The van der Waals surface area contributed by atoms with Gasteiger partial charge in [0, 0.05) is 16.6 Å². The van der Waals surface area contributed by atoms with Crippen LogP contribution in [0.25, 0.3) is 0 Å². The number of cyclic esters (lactones) is 1. The number of aliphatic hydroxyl groups is 2. The third kappa shape index (κ3) is 6.67. The van der Waals surface area contributed by atoms with E-state index < -0.39 is 40.2 Å². The summed E-state index contributed by atoms with van der Waals surface area (Å²) in [6, 6.07) is 0. The van der Waals surface area contributed by atoms with Gasteiger partial charge in [-0.05, 0) is 50.9 Å². The fraction of sp³-hybridized carbons (Fsp3) is 0.800. The van der Waals surface area contributed by atoms with Crippen molar-refractivity contribution in [1.82, 2.24) is 0 Å². The van der Waals surface area contributed by atoms with E-state index in [9.17, 15) is 24.0 Å². The molecule has 0 amide bonds. The highest BCUT2D eigenvalue weighted by molar-refractivity contribution is 7.85. The summed E-state index contributed by atoms with van der Waals surface area (Å²) in [4.78, 5) is 23.8. The zero-order valence-electron chi connectivity index (χ0n) is 16.6. The minimum Gasteiger partial charge on any atom is -0.469 e. The number of allylic oxidation sites excluding steroid dienone is 2. The zero-order valence-corrected chi connectivity index (χ0v) is 17.4. The van der Waals surface area contributed by atoms with Crippen molar-refractivity contribution in [3.8, 4) is 0 Å². The lowest BCUT2D eigenvalue weighted by molar-refractivity contribution is -0.149. The maximum Gasteiger partial charge on any atom is 0.307 e. The van der Waals surface area contributed by atoms with E-state index in [1.165, 1.54) is 7.11 Å². The first kappa shape index (κ1) is 23.0. The Labute approximate surface area is 168 Å². The van der Waals surface area contributed by atoms with Gasteiger partial charge < -0.3 is 19.7 Å². The van der Waals surface area contributed by atoms with Crippen LogP contribution < -0.4 is 0 Å². The molecule has 1 aliphatic heterocycles. The maximum atomic E-state index is 12.9. The van der Waals surface area contributed by atoms with Crippen molar-refractivity contribution in [2.24, 2.45) is 11.8 Å². The number of hydrogen-bond acceptors (Lipinski definition) is 7. The van der Waals surface area contributed by atoms with Crippen molar-refractivity contribution >= 4 is 22.7 Å². The molecule has 0 bridgehead atoms. The number of methoxy groups -OCH3 is 1.